The summed E-state index contributed by atoms with van der Waals surface area (Å²) >= 11 is 7.87. The molecule has 0 spiro atoms. The normalized spacial score (nSPS) is 15.2. The first-order valence-corrected chi connectivity index (χ1v) is 29.0. The Bertz CT molecular complexity index is 2670. The van der Waals surface area contributed by atoms with Crippen molar-refractivity contribution >= 4 is 57.7 Å². The molecule has 1 saturated heterocycles. The number of nitrogens with one attached hydrogen (secondary N) is 3. The molecule has 1 aromatic heterocycles. The number of phenolic OH excluding ortho intramolecular Hbond substituents is 2. The van der Waals surface area contributed by atoms with E-state index in [1.165, 1.54) is 24.2 Å². The maximum atomic E-state index is 14.0. The van der Waals surface area contributed by atoms with Gasteiger partial charge in [-0.25, -0.2) is 4.98 Å². The van der Waals surface area contributed by atoms with Gasteiger partial charge in [-0.3, -0.25) is 19.2 Å². The van der Waals surface area contributed by atoms with E-state index in [1.807, 2.05) is 106 Å². The Balaban J connectivity index is 0.784. The lowest BCUT2D eigenvalue weighted by Crippen LogP contribution is -2.57. The topological polar surface area (TPSA) is 190 Å². The average molecular weight is 1090 g/mol. The Morgan fingerprint density at radius 1 is 0.714 bits per heavy atom. The van der Waals surface area contributed by atoms with Gasteiger partial charge >= 0.3 is 0 Å². The SMILES string of the molecule is Cc1ncsc1-c1ccc(CNC(=O)[C@@H]2C[C@@H](O)CN2C(=O)[C@@H](NC(=O)CCCCCCCCCCCCCCC(=O)NCCOc2ccc(C(=C(CCCl)c3ccc(O)cc3)c3ccc(O)cc3)cc2)C(C)(C)C)cc1. The fourth-order valence-corrected chi connectivity index (χ4v) is 10.8. The number of hydrogen-bond donors (Lipinski definition) is 6. The molecule has 15 heteroatoms. The number of aliphatic hydroxyl groups excluding tert-OH is 1. The van der Waals surface area contributed by atoms with Crippen molar-refractivity contribution in [1.82, 2.24) is 25.8 Å². The number of halogens is 1. The van der Waals surface area contributed by atoms with Gasteiger partial charge in [-0.1, -0.05) is 146 Å². The molecule has 414 valence electrons. The number of carbonyl (C=O) groups is 4. The Kier molecular flexibility index (Phi) is 23.9. The highest BCUT2D eigenvalue weighted by Gasteiger charge is 2.44. The molecule has 0 unspecified atom stereocenters. The van der Waals surface area contributed by atoms with Gasteiger partial charge in [0.05, 0.1) is 28.7 Å². The molecule has 0 saturated carbocycles. The van der Waals surface area contributed by atoms with Crippen LogP contribution in [0.25, 0.3) is 21.6 Å². The number of thiazole rings is 1. The zero-order valence-corrected chi connectivity index (χ0v) is 47.0. The number of likely N-dealkylation sites (tertiary alicyclic amines) is 1. The van der Waals surface area contributed by atoms with Crippen LogP contribution in [0.1, 0.15) is 151 Å². The van der Waals surface area contributed by atoms with Gasteiger partial charge in [0.2, 0.25) is 23.6 Å². The number of aryl methyl sites for hydroxylation is 1. The number of aromatic hydroxyl groups is 2. The number of rotatable bonds is 30. The lowest BCUT2D eigenvalue weighted by Gasteiger charge is -2.35. The summed E-state index contributed by atoms with van der Waals surface area (Å²) in [6.45, 7) is 8.76. The predicted molar refractivity (Wildman–Crippen MR) is 309 cm³/mol. The van der Waals surface area contributed by atoms with Crippen LogP contribution < -0.4 is 20.7 Å². The number of amides is 4. The van der Waals surface area contributed by atoms with Crippen LogP contribution in [0, 0.1) is 12.3 Å². The van der Waals surface area contributed by atoms with Gasteiger partial charge in [-0.2, -0.15) is 0 Å². The third-order valence-corrected chi connectivity index (χ3v) is 15.3. The standard InChI is InChI=1S/C62H80ClN5O8S/c1-43-58(77-42-66-43)48-21-19-44(20-22-48)40-65-60(74)54-39-51(71)41-68(54)61(75)59(62(2,3)4)67-56(73)18-16-14-12-10-8-6-5-7-9-11-13-15-17-55(72)64-37-38-76-52-33-27-47(28-34-52)57(46-25-31-50(70)32-26-46)53(35-36-63)45-23-29-49(69)30-24-45/h19-34,42,51,54,59,69-71H,5-18,35-41H2,1-4H3,(H,64,72)(H,65,74)(H,67,73)/t51-,54+,59-/m1/s1. The minimum absolute atomic E-state index is 0.0335. The number of hydrogen-bond acceptors (Lipinski definition) is 10. The third kappa shape index (κ3) is 19.0. The second kappa shape index (κ2) is 30.6. The molecule has 3 atom stereocenters. The number of aromatic nitrogens is 1. The third-order valence-electron chi connectivity index (χ3n) is 14.1. The number of nitrogens with zero attached hydrogens (tertiary/aromatic N) is 2. The van der Waals surface area contributed by atoms with Crippen molar-refractivity contribution in [3.63, 3.8) is 0 Å². The first-order valence-electron chi connectivity index (χ1n) is 27.5. The number of phenols is 2. The molecule has 4 aromatic carbocycles. The molecule has 6 rings (SSSR count). The Hall–Kier alpha value is -6.22. The molecule has 77 heavy (non-hydrogen) atoms. The quantitative estimate of drug-likeness (QED) is 0.0148. The van der Waals surface area contributed by atoms with Crippen molar-refractivity contribution in [2.24, 2.45) is 5.41 Å². The van der Waals surface area contributed by atoms with Gasteiger partial charge in [-0.15, -0.1) is 22.9 Å². The molecular weight excluding hydrogens is 1010 g/mol. The number of ether oxygens (including phenoxy) is 1. The van der Waals surface area contributed by atoms with E-state index in [9.17, 15) is 34.5 Å². The number of allylic oxidation sites excluding steroid dienone is 1. The Labute approximate surface area is 464 Å². The van der Waals surface area contributed by atoms with Crippen molar-refractivity contribution < 1.29 is 39.2 Å². The second-order valence-electron chi connectivity index (χ2n) is 21.3. The summed E-state index contributed by atoms with van der Waals surface area (Å²) in [5, 5.41) is 39.4. The van der Waals surface area contributed by atoms with E-state index in [-0.39, 0.29) is 54.6 Å². The first-order chi connectivity index (χ1) is 37.1. The predicted octanol–water partition coefficient (Wildman–Crippen LogP) is 11.9. The largest absolute Gasteiger partial charge is 0.508 e. The molecule has 0 bridgehead atoms. The average Bonchev–Trinajstić information content (AvgIpc) is 4.06. The number of benzene rings is 4. The molecule has 2 heterocycles. The van der Waals surface area contributed by atoms with Crippen LogP contribution in [0.3, 0.4) is 0 Å². The molecule has 5 aromatic rings. The van der Waals surface area contributed by atoms with Crippen LogP contribution in [0.5, 0.6) is 17.2 Å². The lowest BCUT2D eigenvalue weighted by atomic mass is 9.85. The molecule has 6 N–H and O–H groups in total. The fourth-order valence-electron chi connectivity index (χ4n) is 9.83. The van der Waals surface area contributed by atoms with Gasteiger partial charge in [0.25, 0.3) is 0 Å². The number of alkyl halides is 1. The van der Waals surface area contributed by atoms with Crippen molar-refractivity contribution in [3.05, 3.63) is 131 Å². The van der Waals surface area contributed by atoms with E-state index >= 15 is 0 Å². The smallest absolute Gasteiger partial charge is 0.246 e. The molecule has 1 fully saturated rings. The number of unbranched alkanes of at least 4 members (excludes halogenated alkanes) is 11. The maximum Gasteiger partial charge on any atom is 0.246 e. The summed E-state index contributed by atoms with van der Waals surface area (Å²) < 4.78 is 5.97. The van der Waals surface area contributed by atoms with Crippen molar-refractivity contribution in [3.8, 4) is 27.7 Å². The Morgan fingerprint density at radius 2 is 1.25 bits per heavy atom. The summed E-state index contributed by atoms with van der Waals surface area (Å²) in [5.41, 5.74) is 8.99. The maximum absolute atomic E-state index is 14.0. The zero-order chi connectivity index (χ0) is 55.2. The monoisotopic (exact) mass is 1090 g/mol. The van der Waals surface area contributed by atoms with Crippen molar-refractivity contribution in [1.29, 1.82) is 0 Å². The molecule has 0 aliphatic carbocycles. The number of β-amino-alcohol motifs (C(OH)–C–C–N with tert-alkyl or cyclic N) is 1. The van der Waals surface area contributed by atoms with Crippen LogP contribution >= 0.6 is 22.9 Å². The molecule has 4 amide bonds. The summed E-state index contributed by atoms with van der Waals surface area (Å²) in [5.74, 6) is 0.634. The van der Waals surface area contributed by atoms with E-state index < -0.39 is 23.6 Å². The summed E-state index contributed by atoms with van der Waals surface area (Å²) in [4.78, 5) is 60.0. The van der Waals surface area contributed by atoms with Crippen LogP contribution in [-0.4, -0.2) is 92.6 Å². The molecule has 0 radical (unpaired) electrons. The zero-order valence-electron chi connectivity index (χ0n) is 45.5. The van der Waals surface area contributed by atoms with Gasteiger partial charge in [0, 0.05) is 38.2 Å². The summed E-state index contributed by atoms with van der Waals surface area (Å²) in [7, 11) is 0. The second-order valence-corrected chi connectivity index (χ2v) is 22.5. The van der Waals surface area contributed by atoms with Crippen molar-refractivity contribution in [2.75, 3.05) is 25.6 Å². The van der Waals surface area contributed by atoms with Crippen LogP contribution in [0.15, 0.2) is 103 Å². The minimum atomic E-state index is -0.841. The highest BCUT2D eigenvalue weighted by molar-refractivity contribution is 7.13. The highest BCUT2D eigenvalue weighted by Crippen LogP contribution is 2.37. The highest BCUT2D eigenvalue weighted by atomic mass is 35.5. The van der Waals surface area contributed by atoms with E-state index in [0.717, 1.165) is 107 Å². The van der Waals surface area contributed by atoms with Crippen LogP contribution in [-0.2, 0) is 25.7 Å². The number of carbonyl (C=O) groups excluding carboxylic acids is 4. The first kappa shape index (κ1) is 60.0. The Morgan fingerprint density at radius 3 is 1.78 bits per heavy atom. The van der Waals surface area contributed by atoms with Gasteiger partial charge in [-0.05, 0) is 107 Å². The van der Waals surface area contributed by atoms with Gasteiger partial charge in [0.1, 0.15) is 35.9 Å². The van der Waals surface area contributed by atoms with Crippen LogP contribution in [0.4, 0.5) is 0 Å². The minimum Gasteiger partial charge on any atom is -0.508 e. The van der Waals surface area contributed by atoms with Crippen molar-refractivity contribution in [2.45, 2.75) is 155 Å². The summed E-state index contributed by atoms with van der Waals surface area (Å²) in [6.07, 6.45) is 13.5. The van der Waals surface area contributed by atoms with E-state index in [2.05, 4.69) is 20.9 Å². The lowest BCUT2D eigenvalue weighted by molar-refractivity contribution is -0.144. The molecule has 1 aliphatic heterocycles. The summed E-state index contributed by atoms with van der Waals surface area (Å²) in [6, 6.07) is 28.2. The van der Waals surface area contributed by atoms with E-state index in [1.54, 1.807) is 35.6 Å². The fraction of sp³-hybridized carbons (Fsp3) is 0.468. The van der Waals surface area contributed by atoms with Gasteiger partial charge < -0.3 is 40.9 Å². The van der Waals surface area contributed by atoms with Crippen LogP contribution in [0.2, 0.25) is 0 Å². The molecular formula is C62H80ClN5O8S. The van der Waals surface area contributed by atoms with Gasteiger partial charge in [0.15, 0.2) is 0 Å². The number of aliphatic hydroxyl groups is 1. The van der Waals surface area contributed by atoms with E-state index in [4.69, 9.17) is 16.3 Å². The molecule has 13 nitrogen and oxygen atoms in total. The molecule has 1 aliphatic rings. The van der Waals surface area contributed by atoms with E-state index in [0.29, 0.717) is 44.0 Å².